The fourth-order valence-corrected chi connectivity index (χ4v) is 3.00. The van der Waals surface area contributed by atoms with Crippen molar-refractivity contribution in [2.45, 2.75) is 32.5 Å². The predicted molar refractivity (Wildman–Crippen MR) is 123 cm³/mol. The average Bonchev–Trinajstić information content (AvgIpc) is 3.09. The van der Waals surface area contributed by atoms with Crippen LogP contribution in [0, 0.1) is 6.92 Å². The Balaban J connectivity index is 0.00000450. The first-order valence-electron chi connectivity index (χ1n) is 9.19. The number of hydrogen-bond acceptors (Lipinski definition) is 5. The zero-order valence-electron chi connectivity index (χ0n) is 16.7. The second-order valence-electron chi connectivity index (χ2n) is 6.24. The van der Waals surface area contributed by atoms with Gasteiger partial charge < -0.3 is 20.5 Å². The number of aliphatic hydroxyl groups is 1. The molecule has 1 aromatic carbocycles. The van der Waals surface area contributed by atoms with Crippen LogP contribution in [0.2, 0.25) is 0 Å². The lowest BCUT2D eigenvalue weighted by molar-refractivity contribution is -0.137. The number of aliphatic hydroxyl groups excluding tert-OH is 1. The lowest BCUT2D eigenvalue weighted by atomic mass is 10.2. The SMILES string of the molecule is CCNC(=NCC(O)COc1ccc(C(F)(F)F)cc1)NCCc1csc(C)n1.I. The smallest absolute Gasteiger partial charge is 0.416 e. The van der Waals surface area contributed by atoms with Crippen molar-refractivity contribution in [2.75, 3.05) is 26.2 Å². The van der Waals surface area contributed by atoms with E-state index in [1.807, 2.05) is 19.2 Å². The maximum Gasteiger partial charge on any atom is 0.416 e. The first-order valence-corrected chi connectivity index (χ1v) is 10.1. The van der Waals surface area contributed by atoms with Crippen molar-refractivity contribution < 1.29 is 23.0 Å². The summed E-state index contributed by atoms with van der Waals surface area (Å²) in [5, 5.41) is 19.3. The van der Waals surface area contributed by atoms with Gasteiger partial charge in [-0.2, -0.15) is 13.2 Å². The van der Waals surface area contributed by atoms with Gasteiger partial charge in [0.1, 0.15) is 18.5 Å². The summed E-state index contributed by atoms with van der Waals surface area (Å²) in [5.41, 5.74) is 0.269. The number of alkyl halides is 3. The Hall–Kier alpha value is -1.60. The number of aromatic nitrogens is 1. The van der Waals surface area contributed by atoms with Gasteiger partial charge in [0.25, 0.3) is 0 Å². The van der Waals surface area contributed by atoms with Crippen LogP contribution < -0.4 is 15.4 Å². The average molecular weight is 558 g/mol. The highest BCUT2D eigenvalue weighted by atomic mass is 127. The van der Waals surface area contributed by atoms with Gasteiger partial charge in [-0.3, -0.25) is 4.99 Å². The van der Waals surface area contributed by atoms with Crippen LogP contribution in [0.4, 0.5) is 13.2 Å². The van der Waals surface area contributed by atoms with E-state index < -0.39 is 17.8 Å². The van der Waals surface area contributed by atoms with E-state index in [4.69, 9.17) is 4.74 Å². The fraction of sp³-hybridized carbons (Fsp3) is 0.474. The van der Waals surface area contributed by atoms with Crippen LogP contribution in [-0.2, 0) is 12.6 Å². The number of thiazole rings is 1. The molecule has 0 radical (unpaired) electrons. The van der Waals surface area contributed by atoms with Gasteiger partial charge in [0.05, 0.1) is 22.8 Å². The van der Waals surface area contributed by atoms with Crippen LogP contribution in [0.5, 0.6) is 5.75 Å². The van der Waals surface area contributed by atoms with E-state index in [2.05, 4.69) is 20.6 Å². The second kappa shape index (κ2) is 13.0. The van der Waals surface area contributed by atoms with Gasteiger partial charge >= 0.3 is 6.18 Å². The molecule has 0 saturated heterocycles. The Labute approximate surface area is 195 Å². The van der Waals surface area contributed by atoms with Gasteiger partial charge in [-0.25, -0.2) is 4.98 Å². The highest BCUT2D eigenvalue weighted by Crippen LogP contribution is 2.30. The van der Waals surface area contributed by atoms with Crippen molar-refractivity contribution in [2.24, 2.45) is 4.99 Å². The van der Waals surface area contributed by atoms with Gasteiger partial charge in [-0.1, -0.05) is 0 Å². The highest BCUT2D eigenvalue weighted by molar-refractivity contribution is 14.0. The van der Waals surface area contributed by atoms with Gasteiger partial charge in [-0.05, 0) is 38.1 Å². The summed E-state index contributed by atoms with van der Waals surface area (Å²) >= 11 is 1.61. The Morgan fingerprint density at radius 3 is 2.53 bits per heavy atom. The van der Waals surface area contributed by atoms with E-state index in [1.54, 1.807) is 11.3 Å². The van der Waals surface area contributed by atoms with Crippen LogP contribution in [0.15, 0.2) is 34.6 Å². The Morgan fingerprint density at radius 1 is 1.27 bits per heavy atom. The predicted octanol–water partition coefficient (Wildman–Crippen LogP) is 3.63. The summed E-state index contributed by atoms with van der Waals surface area (Å²) in [6, 6.07) is 4.34. The molecule has 0 fully saturated rings. The van der Waals surface area contributed by atoms with Crippen molar-refractivity contribution in [1.82, 2.24) is 15.6 Å². The molecule has 1 atom stereocenters. The van der Waals surface area contributed by atoms with Gasteiger partial charge in [0.15, 0.2) is 5.96 Å². The molecule has 0 spiro atoms. The number of aryl methyl sites for hydroxylation is 1. The molecule has 1 heterocycles. The molecule has 1 aromatic heterocycles. The van der Waals surface area contributed by atoms with Gasteiger partial charge in [-0.15, -0.1) is 35.3 Å². The third kappa shape index (κ3) is 9.47. The molecule has 2 rings (SSSR count). The van der Waals surface area contributed by atoms with Crippen molar-refractivity contribution in [1.29, 1.82) is 0 Å². The molecule has 2 aromatic rings. The number of halogens is 4. The largest absolute Gasteiger partial charge is 0.491 e. The summed E-state index contributed by atoms with van der Waals surface area (Å²) in [4.78, 5) is 8.71. The molecule has 0 aliphatic heterocycles. The van der Waals surface area contributed by atoms with Crippen LogP contribution >= 0.6 is 35.3 Å². The van der Waals surface area contributed by atoms with Crippen molar-refractivity contribution >= 4 is 41.3 Å². The standard InChI is InChI=1S/C19H25F3N4O2S.HI/c1-3-23-18(24-9-8-15-12-29-13(2)26-15)25-10-16(27)11-28-17-6-4-14(5-7-17)19(20,21)22;/h4-7,12,16,27H,3,8-11H2,1-2H3,(H2,23,24,25);1H. The Morgan fingerprint density at radius 2 is 1.97 bits per heavy atom. The number of nitrogens with one attached hydrogen (secondary N) is 2. The Bertz CT molecular complexity index is 785. The van der Waals surface area contributed by atoms with E-state index in [9.17, 15) is 18.3 Å². The molecule has 0 bridgehead atoms. The lowest BCUT2D eigenvalue weighted by Gasteiger charge is -2.14. The van der Waals surface area contributed by atoms with E-state index in [0.29, 0.717) is 19.0 Å². The number of benzene rings is 1. The molecule has 6 nitrogen and oxygen atoms in total. The summed E-state index contributed by atoms with van der Waals surface area (Å²) in [7, 11) is 0. The summed E-state index contributed by atoms with van der Waals surface area (Å²) < 4.78 is 43.0. The summed E-state index contributed by atoms with van der Waals surface area (Å²) in [6.45, 7) is 5.22. The van der Waals surface area contributed by atoms with Crippen molar-refractivity contribution in [3.05, 3.63) is 45.9 Å². The minimum absolute atomic E-state index is 0. The molecule has 30 heavy (non-hydrogen) atoms. The summed E-state index contributed by atoms with van der Waals surface area (Å²) in [6.07, 6.45) is -4.52. The van der Waals surface area contributed by atoms with E-state index in [-0.39, 0.29) is 42.9 Å². The van der Waals surface area contributed by atoms with Crippen LogP contribution in [0.1, 0.15) is 23.2 Å². The molecule has 168 valence electrons. The maximum absolute atomic E-state index is 12.5. The molecule has 0 amide bonds. The first kappa shape index (κ1) is 26.4. The number of aliphatic imine (C=N–C) groups is 1. The molecule has 1 unspecified atom stereocenters. The zero-order valence-corrected chi connectivity index (χ0v) is 19.8. The number of ether oxygens (including phenoxy) is 1. The molecule has 3 N–H and O–H groups in total. The van der Waals surface area contributed by atoms with E-state index in [0.717, 1.165) is 29.3 Å². The minimum Gasteiger partial charge on any atom is -0.491 e. The van der Waals surface area contributed by atoms with Gasteiger partial charge in [0, 0.05) is 24.9 Å². The lowest BCUT2D eigenvalue weighted by Crippen LogP contribution is -2.39. The Kier molecular flexibility index (Phi) is 11.4. The molecule has 0 aliphatic rings. The number of rotatable bonds is 9. The van der Waals surface area contributed by atoms with Crippen LogP contribution in [0.25, 0.3) is 0 Å². The fourth-order valence-electron chi connectivity index (χ4n) is 2.36. The third-order valence-corrected chi connectivity index (χ3v) is 4.59. The minimum atomic E-state index is -4.39. The maximum atomic E-state index is 12.5. The van der Waals surface area contributed by atoms with Crippen LogP contribution in [-0.4, -0.2) is 48.4 Å². The summed E-state index contributed by atoms with van der Waals surface area (Å²) in [5.74, 6) is 0.817. The highest BCUT2D eigenvalue weighted by Gasteiger charge is 2.30. The van der Waals surface area contributed by atoms with Crippen molar-refractivity contribution in [3.63, 3.8) is 0 Å². The van der Waals surface area contributed by atoms with Crippen molar-refractivity contribution in [3.8, 4) is 5.75 Å². The monoisotopic (exact) mass is 558 g/mol. The third-order valence-electron chi connectivity index (χ3n) is 3.77. The number of nitrogens with zero attached hydrogens (tertiary/aromatic N) is 2. The normalized spacial score (nSPS) is 12.8. The topological polar surface area (TPSA) is 78.8 Å². The van der Waals surface area contributed by atoms with Gasteiger partial charge in [0.2, 0.25) is 0 Å². The first-order chi connectivity index (χ1) is 13.8. The molecule has 11 heteroatoms. The van der Waals surface area contributed by atoms with E-state index >= 15 is 0 Å². The number of guanidine groups is 1. The quantitative estimate of drug-likeness (QED) is 0.249. The zero-order chi connectivity index (χ0) is 21.3. The molecule has 0 aliphatic carbocycles. The number of hydrogen-bond donors (Lipinski definition) is 3. The van der Waals surface area contributed by atoms with E-state index in [1.165, 1.54) is 12.1 Å². The molecule has 0 saturated carbocycles. The molecular weight excluding hydrogens is 532 g/mol. The molecular formula is C19H26F3IN4O2S. The van der Waals surface area contributed by atoms with Crippen LogP contribution in [0.3, 0.4) is 0 Å². The second-order valence-corrected chi connectivity index (χ2v) is 7.30.